The molecule has 6 amide bonds. The minimum atomic E-state index is -0.745. The van der Waals surface area contributed by atoms with Crippen LogP contribution in [0.4, 0.5) is 36.6 Å². The van der Waals surface area contributed by atoms with Gasteiger partial charge in [0, 0.05) is 114 Å². The Balaban J connectivity index is 0.000000150. The van der Waals surface area contributed by atoms with Crippen molar-refractivity contribution in [2.45, 2.75) is 54.1 Å². The Morgan fingerprint density at radius 3 is 1.43 bits per heavy atom. The second kappa shape index (κ2) is 28.8. The van der Waals surface area contributed by atoms with E-state index in [1.807, 2.05) is 63.4 Å². The SMILES string of the molecule is CCNC(=O)Nc1nc2c(-c3ncccc3OC)cc(-c3cncc(F)c3)cc2[nH]1.CCNC(=O)Nc1nc2c(-c3ncccn3)cc(-c3ccc(CC(C)C)nc3)cc2[nH]1.CCNC(=O)Nc1nc2c(-c3ncccn3)cc(-c3cnc(C(C)O)nc3)cc2[nH]1. The van der Waals surface area contributed by atoms with Gasteiger partial charge in [-0.3, -0.25) is 30.9 Å². The highest BCUT2D eigenvalue weighted by Crippen LogP contribution is 2.38. The van der Waals surface area contributed by atoms with Gasteiger partial charge in [0.15, 0.2) is 17.5 Å². The molecule has 462 valence electrons. The van der Waals surface area contributed by atoms with Crippen LogP contribution in [0.1, 0.15) is 59.2 Å². The van der Waals surface area contributed by atoms with E-state index in [4.69, 9.17) is 4.74 Å². The summed E-state index contributed by atoms with van der Waals surface area (Å²) in [7, 11) is 1.56. The number of imidazole rings is 3. The van der Waals surface area contributed by atoms with Crippen LogP contribution in [0, 0.1) is 11.7 Å². The van der Waals surface area contributed by atoms with Gasteiger partial charge in [0.1, 0.15) is 39.9 Å². The largest absolute Gasteiger partial charge is 0.494 e. The lowest BCUT2D eigenvalue weighted by Crippen LogP contribution is -2.28. The molecule has 27 heteroatoms. The monoisotopic (exact) mass is 1230 g/mol. The first-order valence-electron chi connectivity index (χ1n) is 29.0. The van der Waals surface area contributed by atoms with Crippen LogP contribution < -0.4 is 36.6 Å². The van der Waals surface area contributed by atoms with Crippen molar-refractivity contribution in [2.75, 3.05) is 42.7 Å². The topological polar surface area (TPSA) is 355 Å². The van der Waals surface area contributed by atoms with Crippen LogP contribution >= 0.6 is 0 Å². The Hall–Kier alpha value is -11.7. The average molecular weight is 1230 g/mol. The van der Waals surface area contributed by atoms with Gasteiger partial charge in [0.25, 0.3) is 0 Å². The van der Waals surface area contributed by atoms with Crippen molar-refractivity contribution in [3.8, 4) is 73.2 Å². The molecule has 0 spiro atoms. The van der Waals surface area contributed by atoms with Gasteiger partial charge in [-0.15, -0.1) is 0 Å². The zero-order chi connectivity index (χ0) is 64.0. The summed E-state index contributed by atoms with van der Waals surface area (Å²) in [5.41, 5.74) is 12.6. The highest BCUT2D eigenvalue weighted by molar-refractivity contribution is 6.01. The van der Waals surface area contributed by atoms with Gasteiger partial charge >= 0.3 is 18.1 Å². The van der Waals surface area contributed by atoms with Crippen LogP contribution in [0.5, 0.6) is 5.75 Å². The van der Waals surface area contributed by atoms with Crippen molar-refractivity contribution < 1.29 is 28.6 Å². The number of methoxy groups -OCH3 is 1. The first-order valence-corrected chi connectivity index (χ1v) is 29.0. The van der Waals surface area contributed by atoms with Crippen molar-refractivity contribution in [1.29, 1.82) is 0 Å². The number of aliphatic hydroxyl groups is 1. The lowest BCUT2D eigenvalue weighted by molar-refractivity contribution is 0.189. The van der Waals surface area contributed by atoms with Gasteiger partial charge in [-0.05, 0) is 130 Å². The van der Waals surface area contributed by atoms with Gasteiger partial charge in [-0.2, -0.15) is 0 Å². The summed E-state index contributed by atoms with van der Waals surface area (Å²) in [4.78, 5) is 97.6. The first-order chi connectivity index (χ1) is 44.2. The number of benzene rings is 3. The number of pyridine rings is 3. The summed E-state index contributed by atoms with van der Waals surface area (Å²) < 4.78 is 19.2. The second-order valence-corrected chi connectivity index (χ2v) is 20.7. The highest BCUT2D eigenvalue weighted by Gasteiger charge is 2.21. The smallest absolute Gasteiger partial charge is 0.321 e. The third-order valence-corrected chi connectivity index (χ3v) is 13.5. The Morgan fingerprint density at radius 2 is 0.978 bits per heavy atom. The van der Waals surface area contributed by atoms with Gasteiger partial charge in [0.2, 0.25) is 17.8 Å². The van der Waals surface area contributed by atoms with Crippen molar-refractivity contribution in [1.82, 2.24) is 90.7 Å². The molecular weight excluding hydrogens is 1160 g/mol. The zero-order valence-electron chi connectivity index (χ0n) is 50.6. The fraction of sp³-hybridized carbons (Fsp3) is 0.203. The number of ether oxygens (including phenoxy) is 1. The summed E-state index contributed by atoms with van der Waals surface area (Å²) in [6.07, 6.45) is 16.5. The summed E-state index contributed by atoms with van der Waals surface area (Å²) in [6, 6.07) is 23.0. The van der Waals surface area contributed by atoms with Gasteiger partial charge < -0.3 is 40.7 Å². The quantitative estimate of drug-likeness (QED) is 0.0430. The normalized spacial score (nSPS) is 11.3. The molecule has 12 aromatic rings. The molecule has 9 heterocycles. The number of hydrogen-bond donors (Lipinski definition) is 10. The minimum Gasteiger partial charge on any atom is -0.494 e. The van der Waals surface area contributed by atoms with E-state index >= 15 is 0 Å². The van der Waals surface area contributed by atoms with Crippen molar-refractivity contribution in [3.63, 3.8) is 0 Å². The van der Waals surface area contributed by atoms with E-state index in [1.165, 1.54) is 6.07 Å². The summed E-state index contributed by atoms with van der Waals surface area (Å²) in [5.74, 6) is 3.05. The molecule has 26 nitrogen and oxygen atoms in total. The lowest BCUT2D eigenvalue weighted by atomic mass is 10.0. The Labute approximate surface area is 520 Å². The number of urea groups is 3. The van der Waals surface area contributed by atoms with E-state index in [0.717, 1.165) is 51.6 Å². The molecule has 0 bridgehead atoms. The van der Waals surface area contributed by atoms with E-state index in [0.29, 0.717) is 116 Å². The molecule has 0 saturated heterocycles. The van der Waals surface area contributed by atoms with Crippen molar-refractivity contribution >= 4 is 69.0 Å². The summed E-state index contributed by atoms with van der Waals surface area (Å²) in [5, 5.41) is 25.7. The number of aliphatic hydroxyl groups excluding tert-OH is 1. The lowest BCUT2D eigenvalue weighted by Gasteiger charge is -2.10. The summed E-state index contributed by atoms with van der Waals surface area (Å²) >= 11 is 0. The minimum absolute atomic E-state index is 0.279. The number of anilines is 3. The van der Waals surface area contributed by atoms with E-state index < -0.39 is 11.9 Å². The highest BCUT2D eigenvalue weighted by atomic mass is 19.1. The number of nitrogens with zero attached hydrogens (tertiary/aromatic N) is 12. The number of halogens is 1. The number of nitrogens with one attached hydrogen (secondary N) is 9. The Morgan fingerprint density at radius 1 is 0.516 bits per heavy atom. The van der Waals surface area contributed by atoms with Gasteiger partial charge in [0.05, 0.1) is 29.9 Å². The second-order valence-electron chi connectivity index (χ2n) is 20.7. The molecule has 0 saturated carbocycles. The van der Waals surface area contributed by atoms with E-state index in [9.17, 15) is 23.9 Å². The molecule has 9 aromatic heterocycles. The fourth-order valence-corrected chi connectivity index (χ4v) is 9.53. The number of amides is 6. The zero-order valence-corrected chi connectivity index (χ0v) is 50.6. The van der Waals surface area contributed by atoms with Gasteiger partial charge in [-0.1, -0.05) is 19.9 Å². The molecule has 10 N–H and O–H groups in total. The Kier molecular flexibility index (Phi) is 19.8. The predicted molar refractivity (Wildman–Crippen MR) is 345 cm³/mol. The molecule has 12 rings (SSSR count). The molecule has 91 heavy (non-hydrogen) atoms. The Bertz CT molecular complexity index is 4490. The van der Waals surface area contributed by atoms with E-state index in [2.05, 4.69) is 133 Å². The van der Waals surface area contributed by atoms with E-state index in [-0.39, 0.29) is 24.0 Å². The van der Waals surface area contributed by atoms with Crippen LogP contribution in [0.2, 0.25) is 0 Å². The molecule has 3 aromatic carbocycles. The number of H-pyrrole nitrogens is 3. The first kappa shape index (κ1) is 62.3. The van der Waals surface area contributed by atoms with Crippen molar-refractivity contribution in [3.05, 3.63) is 158 Å². The predicted octanol–water partition coefficient (Wildman–Crippen LogP) is 11.1. The number of hydrogen-bond acceptors (Lipinski definition) is 17. The third-order valence-electron chi connectivity index (χ3n) is 13.5. The van der Waals surface area contributed by atoms with Crippen LogP contribution in [0.3, 0.4) is 0 Å². The summed E-state index contributed by atoms with van der Waals surface area (Å²) in [6.45, 7) is 13.0. The molecule has 0 fully saturated rings. The maximum atomic E-state index is 13.8. The molecule has 0 aliphatic heterocycles. The number of aromatic amines is 3. The molecule has 0 aliphatic rings. The average Bonchev–Trinajstić information content (AvgIpc) is 1.86. The molecular formula is C64H64FN21O5. The van der Waals surface area contributed by atoms with Crippen LogP contribution in [0.25, 0.3) is 101 Å². The number of aromatic nitrogens is 15. The molecule has 0 radical (unpaired) electrons. The van der Waals surface area contributed by atoms with E-state index in [1.54, 1.807) is 87.9 Å². The molecule has 1 unspecified atom stereocenters. The number of carbonyl (C=O) groups is 3. The van der Waals surface area contributed by atoms with Crippen LogP contribution in [-0.2, 0) is 6.42 Å². The van der Waals surface area contributed by atoms with Crippen molar-refractivity contribution in [2.24, 2.45) is 5.92 Å². The standard InChI is InChI=1S/C23H25N7O.C21H19FN6O2.C20H20N8O2/c1-4-24-23(31)30-22-28-19-12-16(15-6-7-17(27-13-15)10-14(2)3)11-18(20(19)29-22)21-25-8-5-9-26-21;1-3-24-21(29)28-20-26-16-9-12(13-7-14(22)11-23-10-13)8-15(18(16)27-20)19-17(30-2)5-4-6-25-19;1-3-21-20(30)28-19-26-15-8-12(13-9-24-17(11(2)29)25-10-13)7-14(16(15)27-19)18-22-5-4-6-23-18/h5-9,11-14H,4,10H2,1-3H3,(H3,24,28,29,30,31);4-11H,3H2,1-2H3,(H3,24,26,27,28,29);4-11,29H,3H2,1-2H3,(H3,21,26,27,28,30). The van der Waals surface area contributed by atoms with Crippen LogP contribution in [-0.4, -0.2) is 125 Å². The fourth-order valence-electron chi connectivity index (χ4n) is 9.53. The number of fused-ring (bicyclic) bond motifs is 3. The van der Waals surface area contributed by atoms with Gasteiger partial charge in [-0.25, -0.2) is 63.6 Å². The number of rotatable bonds is 16. The molecule has 0 aliphatic carbocycles. The maximum Gasteiger partial charge on any atom is 0.321 e. The number of carbonyl (C=O) groups excluding carboxylic acids is 3. The maximum absolute atomic E-state index is 13.8. The molecule has 1 atom stereocenters. The van der Waals surface area contributed by atoms with Crippen LogP contribution in [0.15, 0.2) is 141 Å². The third kappa shape index (κ3) is 15.3.